The molecule has 1 heterocycles. The second kappa shape index (κ2) is 6.69. The number of hydrogen-bond donors (Lipinski definition) is 1. The molecule has 0 amide bonds. The van der Waals surface area contributed by atoms with Gasteiger partial charge in [0.1, 0.15) is 0 Å². The summed E-state index contributed by atoms with van der Waals surface area (Å²) in [4.78, 5) is 2.50. The monoisotopic (exact) mass is 392 g/mol. The third-order valence-corrected chi connectivity index (χ3v) is 5.16. The Balaban J connectivity index is 1.60. The fourth-order valence-corrected chi connectivity index (χ4v) is 3.99. The molecule has 0 saturated carbocycles. The van der Waals surface area contributed by atoms with Gasteiger partial charge in [0.25, 0.3) is 0 Å². The minimum absolute atomic E-state index is 0.815. The van der Waals surface area contributed by atoms with Crippen molar-refractivity contribution in [3.05, 3.63) is 57.7 Å². The Morgan fingerprint density at radius 2 is 1.76 bits per heavy atom. The Labute approximate surface area is 140 Å². The molecule has 110 valence electrons. The van der Waals surface area contributed by atoms with Gasteiger partial charge in [0.2, 0.25) is 0 Å². The van der Waals surface area contributed by atoms with Crippen molar-refractivity contribution in [1.82, 2.24) is 0 Å². The van der Waals surface area contributed by atoms with Crippen molar-refractivity contribution in [3.8, 4) is 0 Å². The van der Waals surface area contributed by atoms with Gasteiger partial charge in [-0.15, -0.1) is 0 Å². The van der Waals surface area contributed by atoms with Crippen molar-refractivity contribution in [3.63, 3.8) is 0 Å². The third kappa shape index (κ3) is 3.70. The average Bonchev–Trinajstić information content (AvgIpc) is 2.49. The molecule has 3 rings (SSSR count). The first-order valence-corrected chi connectivity index (χ1v) is 8.64. The molecule has 2 aromatic carbocycles. The van der Waals surface area contributed by atoms with E-state index in [0.29, 0.717) is 0 Å². The first-order valence-electron chi connectivity index (χ1n) is 7.56. The number of nitrogens with two attached hydrogens (primary N) is 1. The summed E-state index contributed by atoms with van der Waals surface area (Å²) in [6, 6.07) is 17.1. The van der Waals surface area contributed by atoms with Crippen molar-refractivity contribution < 1.29 is 0 Å². The van der Waals surface area contributed by atoms with Crippen LogP contribution in [0.15, 0.2) is 48.5 Å². The van der Waals surface area contributed by atoms with Crippen molar-refractivity contribution >= 4 is 34.0 Å². The smallest absolute Gasteiger partial charge is 0.0503 e. The number of halogens is 1. The predicted molar refractivity (Wildman–Crippen MR) is 98.7 cm³/mol. The van der Waals surface area contributed by atoms with Gasteiger partial charge in [0, 0.05) is 22.3 Å². The van der Waals surface area contributed by atoms with Crippen molar-refractivity contribution in [2.45, 2.75) is 19.3 Å². The Kier molecular flexibility index (Phi) is 4.68. The molecule has 1 aliphatic rings. The second-order valence-corrected chi connectivity index (χ2v) is 6.99. The molecule has 3 heteroatoms. The van der Waals surface area contributed by atoms with Gasteiger partial charge in [-0.1, -0.05) is 30.3 Å². The van der Waals surface area contributed by atoms with Crippen LogP contribution in [0.3, 0.4) is 0 Å². The molecule has 1 fully saturated rings. The Morgan fingerprint density at radius 1 is 1.05 bits per heavy atom. The van der Waals surface area contributed by atoms with Crippen molar-refractivity contribution in [2.75, 3.05) is 23.7 Å². The molecule has 1 saturated heterocycles. The van der Waals surface area contributed by atoms with E-state index in [-0.39, 0.29) is 0 Å². The van der Waals surface area contributed by atoms with E-state index in [4.69, 9.17) is 5.73 Å². The van der Waals surface area contributed by atoms with Crippen LogP contribution >= 0.6 is 22.6 Å². The molecule has 21 heavy (non-hydrogen) atoms. The van der Waals surface area contributed by atoms with Gasteiger partial charge in [0.15, 0.2) is 0 Å². The molecule has 0 spiro atoms. The molecule has 0 radical (unpaired) electrons. The molecule has 2 nitrogen and oxygen atoms in total. The van der Waals surface area contributed by atoms with Crippen molar-refractivity contribution in [2.24, 2.45) is 5.92 Å². The molecule has 0 atom stereocenters. The van der Waals surface area contributed by atoms with Crippen LogP contribution in [0.1, 0.15) is 18.4 Å². The van der Waals surface area contributed by atoms with E-state index in [2.05, 4.69) is 70.0 Å². The quantitative estimate of drug-likeness (QED) is 0.622. The maximum Gasteiger partial charge on any atom is 0.0503 e. The van der Waals surface area contributed by atoms with Crippen LogP contribution in [0.25, 0.3) is 0 Å². The lowest BCUT2D eigenvalue weighted by Crippen LogP contribution is -2.34. The molecule has 1 aliphatic heterocycles. The van der Waals surface area contributed by atoms with Gasteiger partial charge in [-0.25, -0.2) is 0 Å². The summed E-state index contributed by atoms with van der Waals surface area (Å²) in [5.41, 5.74) is 9.50. The highest BCUT2D eigenvalue weighted by molar-refractivity contribution is 14.1. The standard InChI is InChI=1S/C18H21IN2/c19-17-13-16(20)6-7-18(17)21-10-8-15(9-11-21)12-14-4-2-1-3-5-14/h1-7,13,15H,8-12,20H2. The molecular formula is C18H21IN2. The van der Waals surface area contributed by atoms with Gasteiger partial charge >= 0.3 is 0 Å². The minimum atomic E-state index is 0.815. The lowest BCUT2D eigenvalue weighted by molar-refractivity contribution is 0.403. The van der Waals surface area contributed by atoms with E-state index in [1.54, 1.807) is 0 Å². The summed E-state index contributed by atoms with van der Waals surface area (Å²) < 4.78 is 1.26. The fraction of sp³-hybridized carbons (Fsp3) is 0.333. The van der Waals surface area contributed by atoms with Gasteiger partial charge < -0.3 is 10.6 Å². The highest BCUT2D eigenvalue weighted by Crippen LogP contribution is 2.30. The molecule has 2 N–H and O–H groups in total. The number of nitrogens with zero attached hydrogens (tertiary/aromatic N) is 1. The Bertz CT molecular complexity index is 589. The molecule has 0 aromatic heterocycles. The SMILES string of the molecule is Nc1ccc(N2CCC(Cc3ccccc3)CC2)c(I)c1. The van der Waals surface area contributed by atoms with Crippen LogP contribution in [-0.4, -0.2) is 13.1 Å². The van der Waals surface area contributed by atoms with Gasteiger partial charge in [-0.2, -0.15) is 0 Å². The van der Waals surface area contributed by atoms with Crippen LogP contribution in [0.5, 0.6) is 0 Å². The summed E-state index contributed by atoms with van der Waals surface area (Å²) in [6.45, 7) is 2.30. The van der Waals surface area contributed by atoms with Gasteiger partial charge in [0.05, 0.1) is 5.69 Å². The highest BCUT2D eigenvalue weighted by Gasteiger charge is 2.20. The molecular weight excluding hydrogens is 371 g/mol. The lowest BCUT2D eigenvalue weighted by atomic mass is 9.90. The first-order chi connectivity index (χ1) is 10.2. The topological polar surface area (TPSA) is 29.3 Å². The minimum Gasteiger partial charge on any atom is -0.399 e. The number of rotatable bonds is 3. The van der Waals surface area contributed by atoms with E-state index >= 15 is 0 Å². The molecule has 0 aliphatic carbocycles. The van der Waals surface area contributed by atoms with Gasteiger partial charge in [-0.3, -0.25) is 0 Å². The second-order valence-electron chi connectivity index (χ2n) is 5.83. The highest BCUT2D eigenvalue weighted by atomic mass is 127. The zero-order chi connectivity index (χ0) is 14.7. The summed E-state index contributed by atoms with van der Waals surface area (Å²) in [6.07, 6.45) is 3.76. The van der Waals surface area contributed by atoms with Crippen LogP contribution < -0.4 is 10.6 Å². The predicted octanol–water partition coefficient (Wildman–Crippen LogP) is 4.33. The number of hydrogen-bond acceptors (Lipinski definition) is 2. The summed E-state index contributed by atoms with van der Waals surface area (Å²) in [5, 5.41) is 0. The van der Waals surface area contributed by atoms with E-state index in [9.17, 15) is 0 Å². The third-order valence-electron chi connectivity index (χ3n) is 4.29. The zero-order valence-corrected chi connectivity index (χ0v) is 14.3. The summed E-state index contributed by atoms with van der Waals surface area (Å²) in [5.74, 6) is 0.815. The van der Waals surface area contributed by atoms with E-state index < -0.39 is 0 Å². The Morgan fingerprint density at radius 3 is 2.43 bits per heavy atom. The molecule has 2 aromatic rings. The maximum atomic E-state index is 5.84. The number of anilines is 2. The largest absolute Gasteiger partial charge is 0.399 e. The van der Waals surface area contributed by atoms with Crippen LogP contribution in [-0.2, 0) is 6.42 Å². The number of benzene rings is 2. The molecule has 0 bridgehead atoms. The van der Waals surface area contributed by atoms with Crippen LogP contribution in [0.4, 0.5) is 11.4 Å². The summed E-state index contributed by atoms with van der Waals surface area (Å²) >= 11 is 2.39. The van der Waals surface area contributed by atoms with E-state index in [1.807, 2.05) is 6.07 Å². The lowest BCUT2D eigenvalue weighted by Gasteiger charge is -2.34. The van der Waals surface area contributed by atoms with E-state index in [1.165, 1.54) is 34.1 Å². The number of nitrogen functional groups attached to an aromatic ring is 1. The van der Waals surface area contributed by atoms with Crippen molar-refractivity contribution in [1.29, 1.82) is 0 Å². The maximum absolute atomic E-state index is 5.84. The summed E-state index contributed by atoms with van der Waals surface area (Å²) in [7, 11) is 0. The Hall–Kier alpha value is -1.23. The van der Waals surface area contributed by atoms with E-state index in [0.717, 1.165) is 24.7 Å². The average molecular weight is 392 g/mol. The fourth-order valence-electron chi connectivity index (χ4n) is 3.11. The zero-order valence-electron chi connectivity index (χ0n) is 12.1. The normalized spacial score (nSPS) is 16.1. The van der Waals surface area contributed by atoms with Crippen LogP contribution in [0, 0.1) is 9.49 Å². The first kappa shape index (κ1) is 14.7. The van der Waals surface area contributed by atoms with Crippen LogP contribution in [0.2, 0.25) is 0 Å². The number of piperidine rings is 1. The molecule has 0 unspecified atom stereocenters. The van der Waals surface area contributed by atoms with Gasteiger partial charge in [-0.05, 0) is 71.5 Å².